The van der Waals surface area contributed by atoms with Crippen LogP contribution in [0.3, 0.4) is 0 Å². The average molecular weight is 232 g/mol. The molecule has 0 saturated heterocycles. The second-order valence-electron chi connectivity index (χ2n) is 3.08. The lowest BCUT2D eigenvalue weighted by atomic mass is 10.1. The summed E-state index contributed by atoms with van der Waals surface area (Å²) in [4.78, 5) is 0. The van der Waals surface area contributed by atoms with Gasteiger partial charge in [-0.1, -0.05) is 18.7 Å². The third-order valence-corrected chi connectivity index (χ3v) is 1.84. The molecule has 0 aliphatic heterocycles. The highest BCUT2D eigenvalue weighted by atomic mass is 35.5. The Morgan fingerprint density at radius 1 is 1.60 bits per heavy atom. The van der Waals surface area contributed by atoms with Crippen LogP contribution >= 0.6 is 12.4 Å². The predicted molar refractivity (Wildman–Crippen MR) is 61.9 cm³/mol. The Balaban J connectivity index is 0.00000196. The molecular weight excluding hydrogens is 217 g/mol. The Labute approximate surface area is 95.3 Å². The van der Waals surface area contributed by atoms with Crippen LogP contribution in [0.1, 0.15) is 18.5 Å². The van der Waals surface area contributed by atoms with Crippen molar-refractivity contribution in [2.24, 2.45) is 5.73 Å². The van der Waals surface area contributed by atoms with Gasteiger partial charge < -0.3 is 10.5 Å². The van der Waals surface area contributed by atoms with Crippen LogP contribution in [0.15, 0.2) is 30.9 Å². The maximum absolute atomic E-state index is 13.2. The van der Waals surface area contributed by atoms with Crippen molar-refractivity contribution in [3.8, 4) is 5.75 Å². The molecule has 15 heavy (non-hydrogen) atoms. The molecule has 2 nitrogen and oxygen atoms in total. The van der Waals surface area contributed by atoms with Crippen molar-refractivity contribution in [3.05, 3.63) is 42.2 Å². The molecule has 1 rings (SSSR count). The summed E-state index contributed by atoms with van der Waals surface area (Å²) < 4.78 is 18.3. The fourth-order valence-corrected chi connectivity index (χ4v) is 1.06. The Kier molecular flexibility index (Phi) is 5.97. The van der Waals surface area contributed by atoms with E-state index in [0.29, 0.717) is 6.61 Å². The molecule has 1 aromatic carbocycles. The second kappa shape index (κ2) is 6.43. The average Bonchev–Trinajstić information content (AvgIpc) is 2.16. The first-order valence-corrected chi connectivity index (χ1v) is 4.44. The molecule has 2 N–H and O–H groups in total. The highest BCUT2D eigenvalue weighted by Gasteiger charge is 2.06. The zero-order valence-electron chi connectivity index (χ0n) is 8.57. The van der Waals surface area contributed by atoms with Gasteiger partial charge in [0, 0.05) is 6.04 Å². The minimum Gasteiger partial charge on any atom is -0.486 e. The lowest BCUT2D eigenvalue weighted by Gasteiger charge is -2.09. The number of benzene rings is 1. The van der Waals surface area contributed by atoms with Crippen molar-refractivity contribution >= 4 is 12.4 Å². The van der Waals surface area contributed by atoms with Crippen molar-refractivity contribution in [1.29, 1.82) is 0 Å². The van der Waals surface area contributed by atoms with Crippen LogP contribution in [0.4, 0.5) is 4.39 Å². The Hall–Kier alpha value is -1.06. The number of hydrogen-bond acceptors (Lipinski definition) is 2. The van der Waals surface area contributed by atoms with Gasteiger partial charge in [-0.05, 0) is 24.6 Å². The summed E-state index contributed by atoms with van der Waals surface area (Å²) in [5.41, 5.74) is 6.52. The largest absolute Gasteiger partial charge is 0.486 e. The topological polar surface area (TPSA) is 35.2 Å². The van der Waals surface area contributed by atoms with E-state index in [4.69, 9.17) is 10.5 Å². The molecule has 0 amide bonds. The van der Waals surface area contributed by atoms with Gasteiger partial charge in [-0.25, -0.2) is 4.39 Å². The maximum atomic E-state index is 13.2. The molecule has 0 aliphatic rings. The van der Waals surface area contributed by atoms with E-state index in [-0.39, 0.29) is 30.0 Å². The van der Waals surface area contributed by atoms with Crippen LogP contribution in [0.25, 0.3) is 0 Å². The third-order valence-electron chi connectivity index (χ3n) is 1.84. The highest BCUT2D eigenvalue weighted by Crippen LogP contribution is 2.21. The van der Waals surface area contributed by atoms with E-state index < -0.39 is 0 Å². The first-order valence-electron chi connectivity index (χ1n) is 4.44. The molecule has 0 radical (unpaired) electrons. The zero-order valence-corrected chi connectivity index (χ0v) is 9.39. The number of rotatable bonds is 4. The van der Waals surface area contributed by atoms with Gasteiger partial charge in [-0.3, -0.25) is 0 Å². The number of ether oxygens (including phenoxy) is 1. The lowest BCUT2D eigenvalue weighted by Crippen LogP contribution is -2.06. The standard InChI is InChI=1S/C11H14FNO.ClH/c1-3-6-14-11-7-9(8(2)13)4-5-10(11)12;/h3-5,7-8H,1,6,13H2,2H3;1H. The van der Waals surface area contributed by atoms with Crippen LogP contribution in [-0.4, -0.2) is 6.61 Å². The third kappa shape index (κ3) is 3.90. The summed E-state index contributed by atoms with van der Waals surface area (Å²) in [5, 5.41) is 0. The van der Waals surface area contributed by atoms with Crippen molar-refractivity contribution in [1.82, 2.24) is 0 Å². The van der Waals surface area contributed by atoms with Crippen LogP contribution < -0.4 is 10.5 Å². The molecule has 0 aliphatic carbocycles. The van der Waals surface area contributed by atoms with Crippen LogP contribution in [0, 0.1) is 5.82 Å². The van der Waals surface area contributed by atoms with Crippen molar-refractivity contribution in [2.75, 3.05) is 6.61 Å². The van der Waals surface area contributed by atoms with Crippen LogP contribution in [0.2, 0.25) is 0 Å². The molecule has 4 heteroatoms. The minimum absolute atomic E-state index is 0. The van der Waals surface area contributed by atoms with E-state index >= 15 is 0 Å². The monoisotopic (exact) mass is 231 g/mol. The Morgan fingerprint density at radius 2 is 2.27 bits per heavy atom. The maximum Gasteiger partial charge on any atom is 0.165 e. The molecule has 0 heterocycles. The van der Waals surface area contributed by atoms with Gasteiger partial charge in [0.2, 0.25) is 0 Å². The lowest BCUT2D eigenvalue weighted by molar-refractivity contribution is 0.341. The summed E-state index contributed by atoms with van der Waals surface area (Å²) in [7, 11) is 0. The molecule has 0 spiro atoms. The van der Waals surface area contributed by atoms with Gasteiger partial charge in [-0.2, -0.15) is 0 Å². The molecule has 1 atom stereocenters. The van der Waals surface area contributed by atoms with E-state index in [9.17, 15) is 4.39 Å². The van der Waals surface area contributed by atoms with E-state index in [1.165, 1.54) is 6.07 Å². The van der Waals surface area contributed by atoms with Crippen molar-refractivity contribution in [3.63, 3.8) is 0 Å². The fourth-order valence-electron chi connectivity index (χ4n) is 1.06. The number of nitrogens with two attached hydrogens (primary N) is 1. The zero-order chi connectivity index (χ0) is 10.6. The van der Waals surface area contributed by atoms with Crippen molar-refractivity contribution < 1.29 is 9.13 Å². The normalized spacial score (nSPS) is 11.4. The van der Waals surface area contributed by atoms with Gasteiger partial charge in [0.1, 0.15) is 6.61 Å². The molecule has 0 saturated carbocycles. The molecule has 1 unspecified atom stereocenters. The first kappa shape index (κ1) is 13.9. The van der Waals surface area contributed by atoms with Gasteiger partial charge in [0.15, 0.2) is 11.6 Å². The van der Waals surface area contributed by atoms with E-state index in [0.717, 1.165) is 5.56 Å². The fraction of sp³-hybridized carbons (Fsp3) is 0.273. The van der Waals surface area contributed by atoms with Crippen LogP contribution in [0.5, 0.6) is 5.75 Å². The Morgan fingerprint density at radius 3 is 2.80 bits per heavy atom. The molecule has 0 fully saturated rings. The summed E-state index contributed by atoms with van der Waals surface area (Å²) in [6, 6.07) is 4.50. The van der Waals surface area contributed by atoms with Gasteiger partial charge in [0.05, 0.1) is 0 Å². The quantitative estimate of drug-likeness (QED) is 0.809. The summed E-state index contributed by atoms with van der Waals surface area (Å²) in [5.74, 6) is -0.157. The smallest absolute Gasteiger partial charge is 0.165 e. The first-order chi connectivity index (χ1) is 6.65. The van der Waals surface area contributed by atoms with E-state index in [1.54, 1.807) is 18.2 Å². The van der Waals surface area contributed by atoms with Crippen molar-refractivity contribution in [2.45, 2.75) is 13.0 Å². The SMILES string of the molecule is C=CCOc1cc(C(C)N)ccc1F.Cl. The molecule has 1 aromatic rings. The van der Waals surface area contributed by atoms with E-state index in [1.807, 2.05) is 6.92 Å². The van der Waals surface area contributed by atoms with Gasteiger partial charge in [-0.15, -0.1) is 12.4 Å². The molecule has 84 valence electrons. The van der Waals surface area contributed by atoms with Gasteiger partial charge >= 0.3 is 0 Å². The number of hydrogen-bond donors (Lipinski definition) is 1. The number of halogens is 2. The summed E-state index contributed by atoms with van der Waals surface area (Å²) >= 11 is 0. The predicted octanol–water partition coefficient (Wildman–Crippen LogP) is 2.83. The summed E-state index contributed by atoms with van der Waals surface area (Å²) in [6.45, 7) is 5.62. The molecule has 0 aromatic heterocycles. The summed E-state index contributed by atoms with van der Waals surface area (Å²) in [6.07, 6.45) is 1.57. The minimum atomic E-state index is -0.378. The molecule has 0 bridgehead atoms. The second-order valence-corrected chi connectivity index (χ2v) is 3.08. The van der Waals surface area contributed by atoms with Gasteiger partial charge in [0.25, 0.3) is 0 Å². The highest BCUT2D eigenvalue weighted by molar-refractivity contribution is 5.85. The van der Waals surface area contributed by atoms with E-state index in [2.05, 4.69) is 6.58 Å². The van der Waals surface area contributed by atoms with Crippen LogP contribution in [-0.2, 0) is 0 Å². The Bertz CT molecular complexity index is 328. The molecular formula is C11H15ClFNO.